The van der Waals surface area contributed by atoms with Crippen molar-refractivity contribution in [1.29, 1.82) is 0 Å². The van der Waals surface area contributed by atoms with Crippen molar-refractivity contribution in [1.82, 2.24) is 15.5 Å². The molecule has 0 amide bonds. The number of benzene rings is 1. The largest absolute Gasteiger partial charge is 0.310 e. The molecule has 0 radical (unpaired) electrons. The Kier molecular flexibility index (Phi) is 2.83. The van der Waals surface area contributed by atoms with Crippen molar-refractivity contribution >= 4 is 0 Å². The van der Waals surface area contributed by atoms with Gasteiger partial charge in [-0.25, -0.2) is 8.78 Å². The van der Waals surface area contributed by atoms with Crippen LogP contribution in [-0.4, -0.2) is 16.2 Å². The summed E-state index contributed by atoms with van der Waals surface area (Å²) < 4.78 is 26.6. The Hall–Kier alpha value is -1.75. The molecule has 1 heterocycles. The average molecular weight is 249 g/mol. The molecule has 3 rings (SSSR count). The van der Waals surface area contributed by atoms with Crippen molar-refractivity contribution in [2.45, 2.75) is 25.4 Å². The molecule has 0 bridgehead atoms. The maximum absolute atomic E-state index is 13.7. The Balaban J connectivity index is 1.88. The van der Waals surface area contributed by atoms with Gasteiger partial charge in [-0.3, -0.25) is 5.10 Å². The fourth-order valence-corrected chi connectivity index (χ4v) is 1.91. The van der Waals surface area contributed by atoms with Gasteiger partial charge in [0.15, 0.2) is 0 Å². The number of aromatic amines is 1. The van der Waals surface area contributed by atoms with Crippen LogP contribution in [-0.2, 0) is 6.54 Å². The fraction of sp³-hybridized carbons (Fsp3) is 0.308. The predicted octanol–water partition coefficient (Wildman–Crippen LogP) is 2.61. The van der Waals surface area contributed by atoms with E-state index in [4.69, 9.17) is 0 Å². The lowest BCUT2D eigenvalue weighted by atomic mass is 10.1. The summed E-state index contributed by atoms with van der Waals surface area (Å²) in [7, 11) is 0. The monoisotopic (exact) mass is 249 g/mol. The third kappa shape index (κ3) is 2.26. The number of rotatable bonds is 4. The molecule has 1 aliphatic rings. The van der Waals surface area contributed by atoms with E-state index in [2.05, 4.69) is 15.5 Å². The molecule has 0 spiro atoms. The van der Waals surface area contributed by atoms with Crippen molar-refractivity contribution < 1.29 is 8.78 Å². The SMILES string of the molecule is Fc1ccc(-c2[nH]ncc2CNC2CC2)c(F)c1. The summed E-state index contributed by atoms with van der Waals surface area (Å²) in [4.78, 5) is 0. The second kappa shape index (κ2) is 4.49. The van der Waals surface area contributed by atoms with Crippen LogP contribution in [0.1, 0.15) is 18.4 Å². The highest BCUT2D eigenvalue weighted by molar-refractivity contribution is 5.63. The predicted molar refractivity (Wildman–Crippen MR) is 63.8 cm³/mol. The Morgan fingerprint density at radius 3 is 2.89 bits per heavy atom. The maximum atomic E-state index is 13.7. The molecule has 1 fully saturated rings. The summed E-state index contributed by atoms with van der Waals surface area (Å²) in [5.41, 5.74) is 1.86. The van der Waals surface area contributed by atoms with E-state index in [-0.39, 0.29) is 0 Å². The smallest absolute Gasteiger partial charge is 0.135 e. The molecule has 0 atom stereocenters. The van der Waals surface area contributed by atoms with Crippen LogP contribution < -0.4 is 5.32 Å². The van der Waals surface area contributed by atoms with E-state index in [0.717, 1.165) is 11.6 Å². The zero-order chi connectivity index (χ0) is 12.5. The van der Waals surface area contributed by atoms with Gasteiger partial charge in [0.05, 0.1) is 11.9 Å². The van der Waals surface area contributed by atoms with Crippen LogP contribution in [0.3, 0.4) is 0 Å². The number of aromatic nitrogens is 2. The number of nitrogens with one attached hydrogen (secondary N) is 2. The first kappa shape index (κ1) is 11.3. The topological polar surface area (TPSA) is 40.7 Å². The lowest BCUT2D eigenvalue weighted by Crippen LogP contribution is -2.15. The van der Waals surface area contributed by atoms with Crippen molar-refractivity contribution in [3.63, 3.8) is 0 Å². The Labute approximate surface area is 103 Å². The molecule has 1 saturated carbocycles. The number of halogens is 2. The summed E-state index contributed by atoms with van der Waals surface area (Å²) in [5, 5.41) is 10.1. The van der Waals surface area contributed by atoms with Gasteiger partial charge in [0, 0.05) is 29.8 Å². The Morgan fingerprint density at radius 2 is 2.17 bits per heavy atom. The maximum Gasteiger partial charge on any atom is 0.135 e. The second-order valence-electron chi connectivity index (χ2n) is 4.55. The molecule has 5 heteroatoms. The van der Waals surface area contributed by atoms with E-state index in [1.807, 2.05) is 0 Å². The highest BCUT2D eigenvalue weighted by Crippen LogP contribution is 2.26. The summed E-state index contributed by atoms with van der Waals surface area (Å²) in [6.45, 7) is 0.646. The van der Waals surface area contributed by atoms with Crippen LogP contribution in [0.2, 0.25) is 0 Å². The van der Waals surface area contributed by atoms with Gasteiger partial charge in [-0.1, -0.05) is 0 Å². The quantitative estimate of drug-likeness (QED) is 0.874. The van der Waals surface area contributed by atoms with E-state index in [1.54, 1.807) is 6.20 Å². The van der Waals surface area contributed by atoms with Crippen molar-refractivity contribution in [3.8, 4) is 11.3 Å². The number of H-pyrrole nitrogens is 1. The molecule has 1 aromatic carbocycles. The van der Waals surface area contributed by atoms with Crippen molar-refractivity contribution in [2.24, 2.45) is 0 Å². The van der Waals surface area contributed by atoms with Gasteiger partial charge in [0.1, 0.15) is 11.6 Å². The summed E-state index contributed by atoms with van der Waals surface area (Å²) in [6, 6.07) is 4.13. The molecule has 2 aromatic rings. The first-order chi connectivity index (χ1) is 8.74. The normalized spacial score (nSPS) is 15.0. The third-order valence-corrected chi connectivity index (χ3v) is 3.08. The molecule has 0 aliphatic heterocycles. The van der Waals surface area contributed by atoms with E-state index in [1.165, 1.54) is 25.0 Å². The van der Waals surface area contributed by atoms with E-state index < -0.39 is 11.6 Å². The molecule has 2 N–H and O–H groups in total. The molecular weight excluding hydrogens is 236 g/mol. The molecule has 94 valence electrons. The fourth-order valence-electron chi connectivity index (χ4n) is 1.91. The summed E-state index contributed by atoms with van der Waals surface area (Å²) >= 11 is 0. The molecule has 1 aliphatic carbocycles. The van der Waals surface area contributed by atoms with Crippen LogP contribution in [0.25, 0.3) is 11.3 Å². The highest BCUT2D eigenvalue weighted by Gasteiger charge is 2.21. The highest BCUT2D eigenvalue weighted by atomic mass is 19.1. The molecule has 1 aromatic heterocycles. The lowest BCUT2D eigenvalue weighted by Gasteiger charge is -2.05. The first-order valence-corrected chi connectivity index (χ1v) is 5.95. The van der Waals surface area contributed by atoms with Gasteiger partial charge < -0.3 is 5.32 Å². The Bertz CT molecular complexity index is 561. The van der Waals surface area contributed by atoms with Gasteiger partial charge in [0.2, 0.25) is 0 Å². The second-order valence-corrected chi connectivity index (χ2v) is 4.55. The molecule has 3 nitrogen and oxygen atoms in total. The van der Waals surface area contributed by atoms with E-state index >= 15 is 0 Å². The van der Waals surface area contributed by atoms with Crippen LogP contribution in [0, 0.1) is 11.6 Å². The summed E-state index contributed by atoms with van der Waals surface area (Å²) in [5.74, 6) is -1.15. The number of hydrogen-bond acceptors (Lipinski definition) is 2. The minimum absolute atomic E-state index is 0.349. The Morgan fingerprint density at radius 1 is 1.33 bits per heavy atom. The summed E-state index contributed by atoms with van der Waals surface area (Å²) in [6.07, 6.45) is 4.06. The van der Waals surface area contributed by atoms with Gasteiger partial charge in [-0.2, -0.15) is 5.10 Å². The van der Waals surface area contributed by atoms with Crippen molar-refractivity contribution in [2.75, 3.05) is 0 Å². The molecule has 18 heavy (non-hydrogen) atoms. The van der Waals surface area contributed by atoms with Crippen LogP contribution in [0.15, 0.2) is 24.4 Å². The van der Waals surface area contributed by atoms with Gasteiger partial charge in [-0.05, 0) is 25.0 Å². The van der Waals surface area contributed by atoms with E-state index in [9.17, 15) is 8.78 Å². The zero-order valence-corrected chi connectivity index (χ0v) is 9.71. The average Bonchev–Trinajstić information content (AvgIpc) is 3.06. The van der Waals surface area contributed by atoms with Crippen LogP contribution in [0.5, 0.6) is 0 Å². The number of hydrogen-bond donors (Lipinski definition) is 2. The minimum Gasteiger partial charge on any atom is -0.310 e. The third-order valence-electron chi connectivity index (χ3n) is 3.08. The van der Waals surface area contributed by atoms with Crippen LogP contribution in [0.4, 0.5) is 8.78 Å². The zero-order valence-electron chi connectivity index (χ0n) is 9.71. The van der Waals surface area contributed by atoms with Gasteiger partial charge >= 0.3 is 0 Å². The number of nitrogens with zero attached hydrogens (tertiary/aromatic N) is 1. The van der Waals surface area contributed by atoms with Crippen LogP contribution >= 0.6 is 0 Å². The van der Waals surface area contributed by atoms with Gasteiger partial charge in [-0.15, -0.1) is 0 Å². The van der Waals surface area contributed by atoms with Gasteiger partial charge in [0.25, 0.3) is 0 Å². The molecule has 0 unspecified atom stereocenters. The van der Waals surface area contributed by atoms with E-state index in [0.29, 0.717) is 23.8 Å². The molecular formula is C13H13F2N3. The molecule has 0 saturated heterocycles. The minimum atomic E-state index is -0.577. The van der Waals surface area contributed by atoms with Crippen molar-refractivity contribution in [3.05, 3.63) is 41.6 Å². The first-order valence-electron chi connectivity index (χ1n) is 5.95. The lowest BCUT2D eigenvalue weighted by molar-refractivity contribution is 0.585. The standard InChI is InChI=1S/C13H13F2N3/c14-9-1-4-11(12(15)5-9)13-8(7-17-18-13)6-16-10-2-3-10/h1,4-5,7,10,16H,2-3,6H2,(H,17,18).